The molecule has 15 heavy (non-hydrogen) atoms. The summed E-state index contributed by atoms with van der Waals surface area (Å²) in [7, 11) is 0. The van der Waals surface area contributed by atoms with Crippen LogP contribution in [-0.2, 0) is 0 Å². The minimum absolute atomic E-state index is 0.185. The van der Waals surface area contributed by atoms with Crippen LogP contribution >= 0.6 is 0 Å². The van der Waals surface area contributed by atoms with Gasteiger partial charge < -0.3 is 16.6 Å². The molecule has 0 saturated carbocycles. The monoisotopic (exact) mass is 206 g/mol. The molecule has 80 valence electrons. The molecule has 0 aliphatic rings. The minimum Gasteiger partial charge on any atom is -0.346 e. The molecule has 0 radical (unpaired) electrons. The average molecular weight is 206 g/mol. The number of hydrazone groups is 1. The van der Waals surface area contributed by atoms with Gasteiger partial charge in [-0.15, -0.1) is 0 Å². The van der Waals surface area contributed by atoms with E-state index >= 15 is 0 Å². The summed E-state index contributed by atoms with van der Waals surface area (Å²) >= 11 is 0. The van der Waals surface area contributed by atoms with Gasteiger partial charge in [0.1, 0.15) is 0 Å². The molecule has 0 spiro atoms. The second-order valence-electron chi connectivity index (χ2n) is 3.15. The van der Waals surface area contributed by atoms with Crippen molar-refractivity contribution in [2.24, 2.45) is 10.9 Å². The number of nitrogens with two attached hydrogens (primary N) is 1. The highest BCUT2D eigenvalue weighted by atomic mass is 15.2. The fraction of sp³-hybridized carbons (Fsp3) is 0.333. The number of nitrogens with one attached hydrogen (secondary N) is 2. The van der Waals surface area contributed by atoms with Crippen LogP contribution in [-0.4, -0.2) is 27.9 Å². The Morgan fingerprint density at radius 3 is 2.67 bits per heavy atom. The van der Waals surface area contributed by atoms with Crippen molar-refractivity contribution < 1.29 is 0 Å². The topological polar surface area (TPSA) is 100 Å². The van der Waals surface area contributed by atoms with E-state index in [9.17, 15) is 0 Å². The molecule has 0 aromatic carbocycles. The first-order valence-corrected chi connectivity index (χ1v) is 4.50. The highest BCUT2D eigenvalue weighted by molar-refractivity contribution is 6.32. The van der Waals surface area contributed by atoms with Crippen molar-refractivity contribution in [2.75, 3.05) is 5.32 Å². The quantitative estimate of drug-likeness (QED) is 0.380. The molecule has 0 saturated heterocycles. The number of rotatable bonds is 4. The van der Waals surface area contributed by atoms with E-state index in [1.807, 2.05) is 13.8 Å². The summed E-state index contributed by atoms with van der Waals surface area (Å²) in [6, 6.07) is -0.185. The fourth-order valence-electron chi connectivity index (χ4n) is 1.01. The van der Waals surface area contributed by atoms with E-state index in [0.717, 1.165) is 11.8 Å². The molecule has 0 fully saturated rings. The van der Waals surface area contributed by atoms with Crippen LogP contribution < -0.4 is 11.2 Å². The molecule has 1 rings (SSSR count). The lowest BCUT2D eigenvalue weighted by atomic mass is 10.2. The summed E-state index contributed by atoms with van der Waals surface area (Å²) in [4.78, 5) is 8.15. The Hall–Kier alpha value is -1.98. The first-order valence-electron chi connectivity index (χ1n) is 4.50. The molecule has 1 atom stereocenters. The van der Waals surface area contributed by atoms with Gasteiger partial charge in [-0.1, -0.05) is 0 Å². The van der Waals surface area contributed by atoms with E-state index in [4.69, 9.17) is 11.3 Å². The third-order valence-corrected chi connectivity index (χ3v) is 1.87. The summed E-state index contributed by atoms with van der Waals surface area (Å²) < 4.78 is 0. The molecular formula is C9H14N6. The smallest absolute Gasteiger partial charge is 0.223 e. The Labute approximate surface area is 88.1 Å². The van der Waals surface area contributed by atoms with Gasteiger partial charge in [0.2, 0.25) is 5.95 Å². The maximum Gasteiger partial charge on any atom is 0.223 e. The lowest BCUT2D eigenvalue weighted by Crippen LogP contribution is -2.29. The summed E-state index contributed by atoms with van der Waals surface area (Å²) in [5, 5.41) is 13.5. The molecule has 6 heteroatoms. The molecule has 0 aliphatic heterocycles. The number of aromatic nitrogens is 2. The molecule has 1 heterocycles. The van der Waals surface area contributed by atoms with Crippen LogP contribution in [0.25, 0.3) is 0 Å². The Morgan fingerprint density at radius 1 is 1.60 bits per heavy atom. The molecule has 4 N–H and O–H groups in total. The van der Waals surface area contributed by atoms with Crippen molar-refractivity contribution in [1.29, 1.82) is 5.41 Å². The van der Waals surface area contributed by atoms with Gasteiger partial charge in [0.15, 0.2) is 0 Å². The zero-order chi connectivity index (χ0) is 11.3. The van der Waals surface area contributed by atoms with E-state index in [0.29, 0.717) is 11.7 Å². The first-order chi connectivity index (χ1) is 7.17. The molecule has 0 aliphatic carbocycles. The third-order valence-electron chi connectivity index (χ3n) is 1.87. The minimum atomic E-state index is -0.185. The van der Waals surface area contributed by atoms with Gasteiger partial charge in [-0.25, -0.2) is 9.97 Å². The molecule has 0 amide bonds. The number of aryl methyl sites for hydroxylation is 1. The maximum atomic E-state index is 7.07. The molecular weight excluding hydrogens is 192 g/mol. The Bertz CT molecular complexity index is 355. The van der Waals surface area contributed by atoms with Crippen molar-refractivity contribution in [3.8, 4) is 0 Å². The van der Waals surface area contributed by atoms with Gasteiger partial charge in [0.05, 0.1) is 11.8 Å². The van der Waals surface area contributed by atoms with Gasteiger partial charge in [0, 0.05) is 18.6 Å². The van der Waals surface area contributed by atoms with Crippen molar-refractivity contribution in [2.45, 2.75) is 19.9 Å². The Morgan fingerprint density at radius 2 is 2.20 bits per heavy atom. The van der Waals surface area contributed by atoms with Gasteiger partial charge in [-0.2, -0.15) is 5.10 Å². The van der Waals surface area contributed by atoms with Gasteiger partial charge in [-0.3, -0.25) is 0 Å². The van der Waals surface area contributed by atoms with Crippen molar-refractivity contribution in [3.63, 3.8) is 0 Å². The van der Waals surface area contributed by atoms with E-state index in [1.54, 1.807) is 12.4 Å². The summed E-state index contributed by atoms with van der Waals surface area (Å²) in [5.74, 6) is 5.61. The summed E-state index contributed by atoms with van der Waals surface area (Å²) in [6.07, 6.45) is 4.53. The van der Waals surface area contributed by atoms with Crippen LogP contribution in [0.15, 0.2) is 17.5 Å². The third kappa shape index (κ3) is 3.01. The predicted octanol–water partition coefficient (Wildman–Crippen LogP) is 0.550. The Balaban J connectivity index is 2.69. The molecule has 6 nitrogen and oxygen atoms in total. The van der Waals surface area contributed by atoms with Crippen LogP contribution in [0.3, 0.4) is 0 Å². The second kappa shape index (κ2) is 5.04. The predicted molar refractivity (Wildman–Crippen MR) is 60.3 cm³/mol. The first kappa shape index (κ1) is 11.1. The van der Waals surface area contributed by atoms with E-state index < -0.39 is 0 Å². The second-order valence-corrected chi connectivity index (χ2v) is 3.15. The zero-order valence-corrected chi connectivity index (χ0v) is 8.73. The van der Waals surface area contributed by atoms with Crippen LogP contribution in [0.5, 0.6) is 0 Å². The van der Waals surface area contributed by atoms with Crippen LogP contribution in [0, 0.1) is 12.3 Å². The normalized spacial score (nSPS) is 13.3. The van der Waals surface area contributed by atoms with Gasteiger partial charge >= 0.3 is 0 Å². The highest BCUT2D eigenvalue weighted by Gasteiger charge is 2.08. The fourth-order valence-corrected chi connectivity index (χ4v) is 1.01. The highest BCUT2D eigenvalue weighted by Crippen LogP contribution is 2.01. The SMILES string of the molecule is Cc1cnc(NC(C)C(C=N)=NN)nc1. The lowest BCUT2D eigenvalue weighted by molar-refractivity contribution is 0.984. The number of hydrogen-bond donors (Lipinski definition) is 3. The van der Waals surface area contributed by atoms with Gasteiger partial charge in [0.25, 0.3) is 0 Å². The molecule has 0 bridgehead atoms. The molecule has 1 aromatic heterocycles. The number of hydrogen-bond acceptors (Lipinski definition) is 6. The van der Waals surface area contributed by atoms with Crippen molar-refractivity contribution >= 4 is 17.9 Å². The van der Waals surface area contributed by atoms with E-state index in [1.165, 1.54) is 0 Å². The number of anilines is 1. The molecule has 1 aromatic rings. The van der Waals surface area contributed by atoms with Gasteiger partial charge in [-0.05, 0) is 19.4 Å². The largest absolute Gasteiger partial charge is 0.346 e. The summed E-state index contributed by atoms with van der Waals surface area (Å²) in [6.45, 7) is 3.75. The zero-order valence-electron chi connectivity index (χ0n) is 8.73. The number of nitrogens with zero attached hydrogens (tertiary/aromatic N) is 3. The standard InChI is InChI=1S/C9H14N6/c1-6-4-12-9(13-5-6)14-7(2)8(3-10)15-11/h3-5,7,10H,11H2,1-2H3,(H,12,13,14). The van der Waals surface area contributed by atoms with Crippen LogP contribution in [0.1, 0.15) is 12.5 Å². The lowest BCUT2D eigenvalue weighted by Gasteiger charge is -2.12. The van der Waals surface area contributed by atoms with Crippen molar-refractivity contribution in [3.05, 3.63) is 18.0 Å². The summed E-state index contributed by atoms with van der Waals surface area (Å²) in [5.41, 5.74) is 1.44. The Kier molecular flexibility index (Phi) is 3.73. The van der Waals surface area contributed by atoms with E-state index in [-0.39, 0.29) is 6.04 Å². The maximum absolute atomic E-state index is 7.07. The van der Waals surface area contributed by atoms with Crippen LogP contribution in [0.4, 0.5) is 5.95 Å². The molecule has 1 unspecified atom stereocenters. The van der Waals surface area contributed by atoms with Crippen molar-refractivity contribution in [1.82, 2.24) is 9.97 Å². The average Bonchev–Trinajstić information content (AvgIpc) is 2.23. The van der Waals surface area contributed by atoms with E-state index in [2.05, 4.69) is 20.4 Å². The van der Waals surface area contributed by atoms with Crippen LogP contribution in [0.2, 0.25) is 0 Å².